The average Bonchev–Trinajstić information content (AvgIpc) is 2.45. The first-order valence-corrected chi connectivity index (χ1v) is 8.98. The molecule has 1 heterocycles. The van der Waals surface area contributed by atoms with Gasteiger partial charge in [0.2, 0.25) is 0 Å². The van der Waals surface area contributed by atoms with Gasteiger partial charge >= 0.3 is 6.03 Å². The predicted molar refractivity (Wildman–Crippen MR) is 99.9 cm³/mol. The SMILES string of the molecule is CC1CN(Cc2ccccc2)CC(C)C1N(C)C(=O)NC(C)(C)C. The van der Waals surface area contributed by atoms with Crippen LogP contribution in [0.25, 0.3) is 0 Å². The number of nitrogens with zero attached hydrogens (tertiary/aromatic N) is 2. The van der Waals surface area contributed by atoms with Gasteiger partial charge in [0.15, 0.2) is 0 Å². The van der Waals surface area contributed by atoms with Gasteiger partial charge < -0.3 is 10.2 Å². The highest BCUT2D eigenvalue weighted by atomic mass is 16.2. The summed E-state index contributed by atoms with van der Waals surface area (Å²) in [6, 6.07) is 10.9. The van der Waals surface area contributed by atoms with E-state index < -0.39 is 0 Å². The Morgan fingerprint density at radius 2 is 1.71 bits per heavy atom. The lowest BCUT2D eigenvalue weighted by molar-refractivity contribution is 0.0466. The molecule has 0 aliphatic carbocycles. The molecule has 2 amide bonds. The monoisotopic (exact) mass is 331 g/mol. The molecule has 4 nitrogen and oxygen atoms in total. The van der Waals surface area contributed by atoms with E-state index in [1.807, 2.05) is 32.7 Å². The molecule has 2 unspecified atom stereocenters. The van der Waals surface area contributed by atoms with E-state index in [1.165, 1.54) is 5.56 Å². The van der Waals surface area contributed by atoms with Gasteiger partial charge in [0, 0.05) is 38.3 Å². The summed E-state index contributed by atoms with van der Waals surface area (Å²) in [7, 11) is 1.94. The number of nitrogens with one attached hydrogen (secondary N) is 1. The number of urea groups is 1. The van der Waals surface area contributed by atoms with Gasteiger partial charge in [-0.15, -0.1) is 0 Å². The molecule has 0 aromatic heterocycles. The molecule has 134 valence electrons. The number of likely N-dealkylation sites (tertiary alicyclic amines) is 1. The van der Waals surface area contributed by atoms with Crippen LogP contribution in [-0.4, -0.2) is 47.5 Å². The van der Waals surface area contributed by atoms with E-state index in [0.717, 1.165) is 19.6 Å². The average molecular weight is 332 g/mol. The quantitative estimate of drug-likeness (QED) is 0.919. The normalized spacial score (nSPS) is 25.3. The van der Waals surface area contributed by atoms with Crippen molar-refractivity contribution in [2.24, 2.45) is 11.8 Å². The molecule has 0 saturated carbocycles. The van der Waals surface area contributed by atoms with Gasteiger partial charge in [0.1, 0.15) is 0 Å². The number of rotatable bonds is 3. The third kappa shape index (κ3) is 4.97. The van der Waals surface area contributed by atoms with Crippen LogP contribution in [0.1, 0.15) is 40.2 Å². The molecular formula is C20H33N3O. The number of amides is 2. The van der Waals surface area contributed by atoms with E-state index in [-0.39, 0.29) is 17.6 Å². The highest BCUT2D eigenvalue weighted by Gasteiger charge is 2.36. The lowest BCUT2D eigenvalue weighted by Gasteiger charge is -2.45. The minimum Gasteiger partial charge on any atom is -0.333 e. The van der Waals surface area contributed by atoms with E-state index in [4.69, 9.17) is 0 Å². The van der Waals surface area contributed by atoms with E-state index in [2.05, 4.69) is 54.4 Å². The number of carbonyl (C=O) groups is 1. The molecule has 1 aromatic rings. The van der Waals surface area contributed by atoms with Crippen LogP contribution in [0.3, 0.4) is 0 Å². The van der Waals surface area contributed by atoms with Crippen LogP contribution in [0.4, 0.5) is 4.79 Å². The molecule has 24 heavy (non-hydrogen) atoms. The second-order valence-corrected chi connectivity index (χ2v) is 8.42. The van der Waals surface area contributed by atoms with Crippen LogP contribution in [-0.2, 0) is 6.54 Å². The molecule has 1 aliphatic rings. The first kappa shape index (κ1) is 18.8. The van der Waals surface area contributed by atoms with Gasteiger partial charge in [-0.3, -0.25) is 4.90 Å². The van der Waals surface area contributed by atoms with Crippen molar-refractivity contribution in [1.82, 2.24) is 15.1 Å². The van der Waals surface area contributed by atoms with E-state index in [0.29, 0.717) is 11.8 Å². The molecule has 1 fully saturated rings. The summed E-state index contributed by atoms with van der Waals surface area (Å²) < 4.78 is 0. The largest absolute Gasteiger partial charge is 0.333 e. The van der Waals surface area contributed by atoms with E-state index in [9.17, 15) is 4.79 Å². The number of hydrogen-bond donors (Lipinski definition) is 1. The van der Waals surface area contributed by atoms with E-state index in [1.54, 1.807) is 0 Å². The molecule has 1 aromatic carbocycles. The second kappa shape index (κ2) is 7.56. The Hall–Kier alpha value is -1.55. The predicted octanol–water partition coefficient (Wildman–Crippen LogP) is 3.58. The summed E-state index contributed by atoms with van der Waals surface area (Å²) >= 11 is 0. The van der Waals surface area contributed by atoms with Crippen molar-refractivity contribution in [3.63, 3.8) is 0 Å². The Labute approximate surface area is 147 Å². The Bertz CT molecular complexity index is 526. The Morgan fingerprint density at radius 3 is 2.21 bits per heavy atom. The second-order valence-electron chi connectivity index (χ2n) is 8.42. The standard InChI is InChI=1S/C20H33N3O/c1-15-12-23(14-17-10-8-7-9-11-17)13-16(2)18(15)22(6)19(24)21-20(3,4)5/h7-11,15-16,18H,12-14H2,1-6H3,(H,21,24). The van der Waals surface area contributed by atoms with Crippen LogP contribution < -0.4 is 5.32 Å². The van der Waals surface area contributed by atoms with Crippen LogP contribution in [0.5, 0.6) is 0 Å². The van der Waals surface area contributed by atoms with Gasteiger partial charge in [-0.25, -0.2) is 4.79 Å². The highest BCUT2D eigenvalue weighted by Crippen LogP contribution is 2.27. The number of benzene rings is 1. The lowest BCUT2D eigenvalue weighted by Crippen LogP contribution is -2.58. The van der Waals surface area contributed by atoms with Crippen molar-refractivity contribution >= 4 is 6.03 Å². The first-order chi connectivity index (χ1) is 11.2. The van der Waals surface area contributed by atoms with E-state index >= 15 is 0 Å². The molecule has 2 rings (SSSR count). The maximum absolute atomic E-state index is 12.5. The fraction of sp³-hybridized carbons (Fsp3) is 0.650. The third-order valence-corrected chi connectivity index (χ3v) is 4.76. The summed E-state index contributed by atoms with van der Waals surface area (Å²) in [6.45, 7) is 13.6. The Morgan fingerprint density at radius 1 is 1.17 bits per heavy atom. The van der Waals surface area contributed by atoms with Crippen molar-refractivity contribution in [1.29, 1.82) is 0 Å². The fourth-order valence-electron chi connectivity index (χ4n) is 3.94. The molecule has 0 bridgehead atoms. The Balaban J connectivity index is 1.99. The van der Waals surface area contributed by atoms with Crippen LogP contribution >= 0.6 is 0 Å². The first-order valence-electron chi connectivity index (χ1n) is 8.98. The zero-order valence-corrected chi connectivity index (χ0v) is 16.0. The molecule has 0 spiro atoms. The number of carbonyl (C=O) groups excluding carboxylic acids is 1. The number of hydrogen-bond acceptors (Lipinski definition) is 2. The maximum Gasteiger partial charge on any atom is 0.317 e. The van der Waals surface area contributed by atoms with Crippen LogP contribution in [0.2, 0.25) is 0 Å². The van der Waals surface area contributed by atoms with Gasteiger partial charge in [0.05, 0.1) is 0 Å². The summed E-state index contributed by atoms with van der Waals surface area (Å²) in [6.07, 6.45) is 0. The van der Waals surface area contributed by atoms with Crippen molar-refractivity contribution in [2.45, 2.75) is 52.7 Å². The fourth-order valence-corrected chi connectivity index (χ4v) is 3.94. The van der Waals surface area contributed by atoms with Gasteiger partial charge in [-0.05, 0) is 38.2 Å². The third-order valence-electron chi connectivity index (χ3n) is 4.76. The highest BCUT2D eigenvalue weighted by molar-refractivity contribution is 5.75. The zero-order chi connectivity index (χ0) is 17.9. The summed E-state index contributed by atoms with van der Waals surface area (Å²) in [4.78, 5) is 17.0. The number of piperidine rings is 1. The minimum atomic E-state index is -0.203. The minimum absolute atomic E-state index is 0.0303. The molecule has 0 radical (unpaired) electrons. The lowest BCUT2D eigenvalue weighted by atomic mass is 9.84. The summed E-state index contributed by atoms with van der Waals surface area (Å²) in [5.41, 5.74) is 1.15. The van der Waals surface area contributed by atoms with Gasteiger partial charge in [-0.1, -0.05) is 44.2 Å². The van der Waals surface area contributed by atoms with Crippen LogP contribution in [0.15, 0.2) is 30.3 Å². The van der Waals surface area contributed by atoms with Crippen molar-refractivity contribution < 1.29 is 4.79 Å². The molecular weight excluding hydrogens is 298 g/mol. The summed E-state index contributed by atoms with van der Waals surface area (Å²) in [5.74, 6) is 0.904. The van der Waals surface area contributed by atoms with Crippen molar-refractivity contribution in [3.8, 4) is 0 Å². The topological polar surface area (TPSA) is 35.6 Å². The van der Waals surface area contributed by atoms with Gasteiger partial charge in [-0.2, -0.15) is 0 Å². The molecule has 1 N–H and O–H groups in total. The van der Waals surface area contributed by atoms with Crippen molar-refractivity contribution in [2.75, 3.05) is 20.1 Å². The molecule has 1 saturated heterocycles. The van der Waals surface area contributed by atoms with Crippen LogP contribution in [0, 0.1) is 11.8 Å². The summed E-state index contributed by atoms with van der Waals surface area (Å²) in [5, 5.41) is 3.08. The van der Waals surface area contributed by atoms with Crippen molar-refractivity contribution in [3.05, 3.63) is 35.9 Å². The maximum atomic E-state index is 12.5. The molecule has 2 atom stereocenters. The molecule has 4 heteroatoms. The zero-order valence-electron chi connectivity index (χ0n) is 16.0. The Kier molecular flexibility index (Phi) is 5.92. The smallest absolute Gasteiger partial charge is 0.317 e. The molecule has 1 aliphatic heterocycles. The van der Waals surface area contributed by atoms with Gasteiger partial charge in [0.25, 0.3) is 0 Å².